The van der Waals surface area contributed by atoms with Gasteiger partial charge < -0.3 is 17.5 Å². The van der Waals surface area contributed by atoms with E-state index in [0.717, 1.165) is 11.1 Å². The maximum absolute atomic E-state index is 9.99. The van der Waals surface area contributed by atoms with Gasteiger partial charge in [0.25, 0.3) is 0 Å². The van der Waals surface area contributed by atoms with Crippen LogP contribution in [0.1, 0.15) is 33.6 Å². The van der Waals surface area contributed by atoms with Crippen LogP contribution in [0.3, 0.4) is 0 Å². The molecule has 0 spiro atoms. The third kappa shape index (κ3) is 7.68. The van der Waals surface area contributed by atoms with Gasteiger partial charge in [0.05, 0.1) is 0 Å². The number of hydrogen-bond donors (Lipinski definition) is 3. The van der Waals surface area contributed by atoms with Gasteiger partial charge in [-0.2, -0.15) is 0 Å². The van der Waals surface area contributed by atoms with Crippen LogP contribution in [0.4, 0.5) is 0 Å². The van der Waals surface area contributed by atoms with Crippen molar-refractivity contribution in [2.24, 2.45) is 11.5 Å². The molecule has 0 radical (unpaired) electrons. The zero-order valence-electron chi connectivity index (χ0n) is 17.6. The second kappa shape index (κ2) is 13.5. The van der Waals surface area contributed by atoms with Gasteiger partial charge in [-0.25, -0.2) is 11.5 Å². The number of hydrogen-bond acceptors (Lipinski definition) is 1. The second-order valence-corrected chi connectivity index (χ2v) is 8.12. The molecule has 0 atom stereocenters. The number of rotatable bonds is 5. The third-order valence-corrected chi connectivity index (χ3v) is 5.74. The summed E-state index contributed by atoms with van der Waals surface area (Å²) in [6.07, 6.45) is -0.516. The summed E-state index contributed by atoms with van der Waals surface area (Å²) in [6.45, 7) is 0. The van der Waals surface area contributed by atoms with Crippen LogP contribution in [-0.2, 0) is 11.4 Å². The predicted molar refractivity (Wildman–Crippen MR) is 132 cm³/mol. The smallest absolute Gasteiger partial charge is 0.315 e. The van der Waals surface area contributed by atoms with Crippen LogP contribution in [0.2, 0.25) is 0 Å². The van der Waals surface area contributed by atoms with E-state index in [1.807, 2.05) is 97.1 Å². The minimum Gasteiger partial charge on any atom is -1.00 e. The lowest BCUT2D eigenvalue weighted by atomic mass is 10.0. The van der Waals surface area contributed by atoms with Crippen molar-refractivity contribution in [2.45, 2.75) is 11.4 Å². The molecule has 0 aromatic heterocycles. The topological polar surface area (TPSA) is 72.3 Å². The van der Waals surface area contributed by atoms with E-state index in [9.17, 15) is 5.11 Å². The van der Waals surface area contributed by atoms with E-state index in [2.05, 4.69) is 24.3 Å². The Morgan fingerprint density at radius 3 is 1.09 bits per heavy atom. The van der Waals surface area contributed by atoms with Crippen molar-refractivity contribution in [3.63, 3.8) is 0 Å². The molecule has 0 saturated carbocycles. The average Bonchev–Trinajstić information content (AvgIpc) is 2.84. The molecule has 0 aliphatic rings. The number of aliphatic hydroxyl groups excluding tert-OH is 1. The Labute approximate surface area is 200 Å². The van der Waals surface area contributed by atoms with Crippen LogP contribution >= 0.6 is 0 Å². The lowest BCUT2D eigenvalue weighted by Gasteiger charge is -2.10. The number of halogens is 1. The molecule has 0 unspecified atom stereocenters. The number of nitrogens with two attached hydrogens (primary N) is 2. The molecule has 0 aliphatic carbocycles. The minimum absolute atomic E-state index is 0. The average molecular weight is 463 g/mol. The van der Waals surface area contributed by atoms with E-state index in [0.29, 0.717) is 5.11 Å². The molecule has 0 amide bonds. The molecule has 0 heterocycles. The lowest BCUT2D eigenvalue weighted by molar-refractivity contribution is -0.00000759. The Bertz CT molecular complexity index is 979. The predicted octanol–water partition coefficient (Wildman–Crippen LogP) is 1.64. The number of aliphatic hydroxyl groups is 1. The van der Waals surface area contributed by atoms with Crippen LogP contribution in [0.5, 0.6) is 0 Å². The highest BCUT2D eigenvalue weighted by atomic mass is 35.5. The zero-order valence-corrected chi connectivity index (χ0v) is 19.2. The van der Waals surface area contributed by atoms with Crippen LogP contribution in [0.15, 0.2) is 121 Å². The summed E-state index contributed by atoms with van der Waals surface area (Å²) in [5.41, 5.74) is 15.5. The molecule has 0 saturated heterocycles. The van der Waals surface area contributed by atoms with Crippen molar-refractivity contribution in [3.8, 4) is 0 Å². The molecule has 4 aromatic rings. The summed E-state index contributed by atoms with van der Waals surface area (Å²) in [6, 6.07) is 39.8. The van der Waals surface area contributed by atoms with Gasteiger partial charge in [-0.05, 0) is 11.1 Å². The first kappa shape index (κ1) is 25.4. The molecular formula is C27H27ClN2OS. The van der Waals surface area contributed by atoms with Crippen molar-refractivity contribution in [1.82, 2.24) is 0 Å². The summed E-state index contributed by atoms with van der Waals surface area (Å²) in [7, 11) is 0. The summed E-state index contributed by atoms with van der Waals surface area (Å²) in [4.78, 5) is 0. The molecule has 3 nitrogen and oxygen atoms in total. The fourth-order valence-electron chi connectivity index (χ4n) is 3.18. The number of benzene rings is 4. The highest BCUT2D eigenvalue weighted by Crippen LogP contribution is 2.24. The molecular weight excluding hydrogens is 436 g/mol. The molecule has 5 N–H and O–H groups in total. The molecule has 4 rings (SSSR count). The van der Waals surface area contributed by atoms with Gasteiger partial charge in [0, 0.05) is 11.1 Å². The first-order valence-electron chi connectivity index (χ1n) is 10.1. The normalized spacial score (nSPS) is 10.0. The van der Waals surface area contributed by atoms with Crippen LogP contribution in [0.25, 0.3) is 0 Å². The Kier molecular flexibility index (Phi) is 10.7. The van der Waals surface area contributed by atoms with Crippen molar-refractivity contribution < 1.29 is 17.5 Å². The monoisotopic (exact) mass is 462 g/mol. The van der Waals surface area contributed by atoms with E-state index < -0.39 is 6.10 Å². The zero-order chi connectivity index (χ0) is 21.9. The van der Waals surface area contributed by atoms with Crippen LogP contribution in [-0.4, -0.2) is 10.2 Å². The van der Waals surface area contributed by atoms with Gasteiger partial charge in [-0.15, -0.1) is 0 Å². The van der Waals surface area contributed by atoms with E-state index >= 15 is 0 Å². The van der Waals surface area contributed by atoms with E-state index in [1.54, 1.807) is 0 Å². The minimum atomic E-state index is -0.516. The van der Waals surface area contributed by atoms with Gasteiger partial charge in [0.15, 0.2) is 0 Å². The summed E-state index contributed by atoms with van der Waals surface area (Å²) in [5, 5.41) is 10.5. The van der Waals surface area contributed by atoms with Gasteiger partial charge in [-0.3, -0.25) is 0 Å². The molecule has 32 heavy (non-hydrogen) atoms. The Morgan fingerprint density at radius 2 is 0.812 bits per heavy atom. The quantitative estimate of drug-likeness (QED) is 0.312. The molecule has 4 aromatic carbocycles. The van der Waals surface area contributed by atoms with Gasteiger partial charge >= 0.3 is 5.11 Å². The van der Waals surface area contributed by atoms with Crippen LogP contribution < -0.4 is 23.9 Å². The Morgan fingerprint density at radius 1 is 0.531 bits per heavy atom. The standard InChI is InChI=1S/C14H15N2S.C13H12O.ClH/c15-14(16)17-13(11-7-3-1-4-8-11)12-9-5-2-6-10-12;14-13(11-7-3-1-4-8-11)12-9-5-2-6-10-12;/h1-10,13H,15-16H2;1-10,13-14H;1H/q+1;;/p-1. The maximum atomic E-state index is 9.99. The summed E-state index contributed by atoms with van der Waals surface area (Å²) in [5.74, 6) is 0. The SMILES string of the molecule is NC(N)=[S+]C(c1ccccc1)c1ccccc1.OC(c1ccccc1)c1ccccc1.[Cl-]. The molecule has 0 bridgehead atoms. The molecule has 0 fully saturated rings. The Hall–Kier alpha value is -2.86. The fourth-order valence-corrected chi connectivity index (χ4v) is 4.04. The van der Waals surface area contributed by atoms with Crippen molar-refractivity contribution in [1.29, 1.82) is 0 Å². The summed E-state index contributed by atoms with van der Waals surface area (Å²) >= 11 is 1.48. The molecule has 164 valence electrons. The molecule has 5 heteroatoms. The largest absolute Gasteiger partial charge is 1.00 e. The van der Waals surface area contributed by atoms with Gasteiger partial charge in [0.2, 0.25) is 16.6 Å². The van der Waals surface area contributed by atoms with Crippen LogP contribution in [0, 0.1) is 0 Å². The Balaban J connectivity index is 0.000000224. The third-order valence-electron chi connectivity index (χ3n) is 4.69. The van der Waals surface area contributed by atoms with E-state index in [4.69, 9.17) is 11.5 Å². The van der Waals surface area contributed by atoms with E-state index in [-0.39, 0.29) is 17.7 Å². The second-order valence-electron chi connectivity index (χ2n) is 6.95. The maximum Gasteiger partial charge on any atom is 0.315 e. The summed E-state index contributed by atoms with van der Waals surface area (Å²) < 4.78 is 0. The molecule has 0 aliphatic heterocycles. The fraction of sp³-hybridized carbons (Fsp3) is 0.0741. The highest BCUT2D eigenvalue weighted by Gasteiger charge is 2.23. The highest BCUT2D eigenvalue weighted by molar-refractivity contribution is 7.79. The van der Waals surface area contributed by atoms with Crippen molar-refractivity contribution in [2.75, 3.05) is 0 Å². The van der Waals surface area contributed by atoms with Gasteiger partial charge in [0.1, 0.15) is 6.10 Å². The van der Waals surface area contributed by atoms with Crippen molar-refractivity contribution in [3.05, 3.63) is 144 Å². The first-order chi connectivity index (χ1) is 15.1. The van der Waals surface area contributed by atoms with Crippen molar-refractivity contribution >= 4 is 16.5 Å². The lowest BCUT2D eigenvalue weighted by Crippen LogP contribution is -3.00. The first-order valence-corrected chi connectivity index (χ1v) is 11.0. The van der Waals surface area contributed by atoms with Gasteiger partial charge in [-0.1, -0.05) is 121 Å². The van der Waals surface area contributed by atoms with E-state index in [1.165, 1.54) is 22.5 Å².